The van der Waals surface area contributed by atoms with Crippen LogP contribution in [0.25, 0.3) is 17.3 Å². The van der Waals surface area contributed by atoms with Gasteiger partial charge in [0.05, 0.1) is 23.0 Å². The van der Waals surface area contributed by atoms with Crippen LogP contribution in [0.3, 0.4) is 0 Å². The number of rotatable bonds is 1. The van der Waals surface area contributed by atoms with Crippen molar-refractivity contribution in [2.75, 3.05) is 6.54 Å². The number of terminal acetylenes is 1. The van der Waals surface area contributed by atoms with Crippen LogP contribution >= 0.6 is 0 Å². The van der Waals surface area contributed by atoms with Gasteiger partial charge in [0, 0.05) is 12.1 Å². The highest BCUT2D eigenvalue weighted by Gasteiger charge is 2.39. The summed E-state index contributed by atoms with van der Waals surface area (Å²) in [6.45, 7) is 2.47. The smallest absolute Gasteiger partial charge is 0.278 e. The molecule has 0 saturated carbocycles. The Kier molecular flexibility index (Phi) is 3.04. The van der Waals surface area contributed by atoms with Gasteiger partial charge in [-0.3, -0.25) is 9.36 Å². The van der Waals surface area contributed by atoms with E-state index in [1.165, 1.54) is 0 Å². The van der Waals surface area contributed by atoms with Crippen LogP contribution in [0.5, 0.6) is 0 Å². The molecule has 3 aromatic rings. The summed E-state index contributed by atoms with van der Waals surface area (Å²) < 4.78 is 7.31. The zero-order valence-electron chi connectivity index (χ0n) is 14.1. The molecule has 1 saturated heterocycles. The Morgan fingerprint density at radius 2 is 2.27 bits per heavy atom. The molecule has 0 unspecified atom stereocenters. The summed E-state index contributed by atoms with van der Waals surface area (Å²) in [7, 11) is 0. The average molecular weight is 345 g/mol. The largest absolute Gasteiger partial charge is 0.332 e. The minimum atomic E-state index is -0.0751. The van der Waals surface area contributed by atoms with Crippen molar-refractivity contribution in [2.45, 2.75) is 25.8 Å². The number of amides is 1. The molecule has 2 aliphatic heterocycles. The lowest BCUT2D eigenvalue weighted by Gasteiger charge is -2.22. The Morgan fingerprint density at radius 3 is 3.04 bits per heavy atom. The first kappa shape index (κ1) is 14.9. The van der Waals surface area contributed by atoms with Crippen LogP contribution in [-0.4, -0.2) is 37.0 Å². The summed E-state index contributed by atoms with van der Waals surface area (Å²) in [5, 5.41) is 3.87. The highest BCUT2D eigenvalue weighted by Crippen LogP contribution is 2.42. The number of benzene rings is 1. The summed E-state index contributed by atoms with van der Waals surface area (Å²) >= 11 is 0. The Hall–Kier alpha value is -3.40. The van der Waals surface area contributed by atoms with E-state index >= 15 is 0 Å². The van der Waals surface area contributed by atoms with Gasteiger partial charge in [0.2, 0.25) is 0 Å². The minimum Gasteiger partial charge on any atom is -0.332 e. The second-order valence-corrected chi connectivity index (χ2v) is 6.53. The first-order valence-electron chi connectivity index (χ1n) is 8.47. The van der Waals surface area contributed by atoms with E-state index in [0.717, 1.165) is 24.2 Å². The topological polar surface area (TPSA) is 77.1 Å². The standard InChI is InChI=1S/C19H15N5O2/c1-3-12-6-7-14-13(9-12)19(25)23-8-4-5-15(23)17-16(20-10-24(14)17)18-21-11(2)22-26-18/h1,6-7,9-10,15H,4-5,8H2,2H3/t15-/m0/s1. The highest BCUT2D eigenvalue weighted by atomic mass is 16.5. The van der Waals surface area contributed by atoms with Crippen molar-refractivity contribution in [2.24, 2.45) is 0 Å². The van der Waals surface area contributed by atoms with E-state index in [4.69, 9.17) is 10.9 Å². The molecular weight excluding hydrogens is 330 g/mol. The third-order valence-electron chi connectivity index (χ3n) is 5.02. The Balaban J connectivity index is 1.80. The maximum atomic E-state index is 13.2. The quantitative estimate of drug-likeness (QED) is 0.633. The fourth-order valence-electron chi connectivity index (χ4n) is 3.88. The van der Waals surface area contributed by atoms with E-state index in [0.29, 0.717) is 35.1 Å². The van der Waals surface area contributed by atoms with Crippen LogP contribution in [0.4, 0.5) is 0 Å². The van der Waals surface area contributed by atoms with Crippen molar-refractivity contribution in [3.63, 3.8) is 0 Å². The molecular formula is C19H15N5O2. The molecule has 7 nitrogen and oxygen atoms in total. The fraction of sp³-hybridized carbons (Fsp3) is 0.263. The van der Waals surface area contributed by atoms with Gasteiger partial charge in [-0.25, -0.2) is 4.98 Å². The van der Waals surface area contributed by atoms with Crippen LogP contribution in [0.15, 0.2) is 29.0 Å². The van der Waals surface area contributed by atoms with Gasteiger partial charge in [0.1, 0.15) is 6.33 Å². The van der Waals surface area contributed by atoms with Gasteiger partial charge in [-0.1, -0.05) is 11.1 Å². The van der Waals surface area contributed by atoms with Crippen LogP contribution in [0, 0.1) is 19.3 Å². The van der Waals surface area contributed by atoms with Crippen LogP contribution < -0.4 is 0 Å². The fourth-order valence-corrected chi connectivity index (χ4v) is 3.88. The third kappa shape index (κ3) is 1.96. The molecule has 2 aromatic heterocycles. The van der Waals surface area contributed by atoms with E-state index in [2.05, 4.69) is 21.0 Å². The van der Waals surface area contributed by atoms with Crippen LogP contribution in [-0.2, 0) is 0 Å². The van der Waals surface area contributed by atoms with E-state index < -0.39 is 0 Å². The number of nitrogens with zero attached hydrogens (tertiary/aromatic N) is 5. The van der Waals surface area contributed by atoms with Crippen LogP contribution in [0.2, 0.25) is 0 Å². The molecule has 1 atom stereocenters. The molecule has 0 bridgehead atoms. The van der Waals surface area contributed by atoms with Crippen LogP contribution in [0.1, 0.15) is 46.3 Å². The van der Waals surface area contributed by atoms with Crippen molar-refractivity contribution in [1.82, 2.24) is 24.6 Å². The minimum absolute atomic E-state index is 0.00374. The number of imidazole rings is 1. The second-order valence-electron chi connectivity index (χ2n) is 6.53. The second kappa shape index (κ2) is 5.30. The van der Waals surface area contributed by atoms with E-state index in [-0.39, 0.29) is 11.9 Å². The lowest BCUT2D eigenvalue weighted by atomic mass is 10.1. The van der Waals surface area contributed by atoms with Crippen molar-refractivity contribution in [3.05, 3.63) is 47.2 Å². The van der Waals surface area contributed by atoms with E-state index in [9.17, 15) is 4.79 Å². The Morgan fingerprint density at radius 1 is 1.38 bits per heavy atom. The molecule has 0 spiro atoms. The van der Waals surface area contributed by atoms with E-state index in [1.54, 1.807) is 19.3 Å². The van der Waals surface area contributed by atoms with Gasteiger partial charge in [-0.2, -0.15) is 4.98 Å². The molecule has 1 amide bonds. The summed E-state index contributed by atoms with van der Waals surface area (Å²) in [5.41, 5.74) is 3.59. The average Bonchev–Trinajstić information content (AvgIpc) is 3.37. The molecule has 0 N–H and O–H groups in total. The number of fused-ring (bicyclic) bond motifs is 5. The maximum Gasteiger partial charge on any atom is 0.278 e. The lowest BCUT2D eigenvalue weighted by Crippen LogP contribution is -2.29. The molecule has 2 aliphatic rings. The predicted molar refractivity (Wildman–Crippen MR) is 92.5 cm³/mol. The molecule has 0 radical (unpaired) electrons. The summed E-state index contributed by atoms with van der Waals surface area (Å²) in [4.78, 5) is 23.9. The van der Waals surface area contributed by atoms with Gasteiger partial charge < -0.3 is 9.42 Å². The summed E-state index contributed by atoms with van der Waals surface area (Å²) in [6.07, 6.45) is 9.05. The third-order valence-corrected chi connectivity index (χ3v) is 5.02. The van der Waals surface area contributed by atoms with Gasteiger partial charge in [-0.05, 0) is 38.0 Å². The number of carbonyl (C=O) groups is 1. The van der Waals surface area contributed by atoms with Crippen molar-refractivity contribution >= 4 is 5.91 Å². The molecule has 5 rings (SSSR count). The lowest BCUT2D eigenvalue weighted by molar-refractivity contribution is 0.0739. The molecule has 1 fully saturated rings. The van der Waals surface area contributed by atoms with Gasteiger partial charge >= 0.3 is 0 Å². The number of aromatic nitrogens is 4. The number of aryl methyl sites for hydroxylation is 1. The van der Waals surface area contributed by atoms with Gasteiger partial charge in [-0.15, -0.1) is 6.42 Å². The van der Waals surface area contributed by atoms with Crippen molar-refractivity contribution < 1.29 is 9.32 Å². The number of hydrogen-bond acceptors (Lipinski definition) is 5. The van der Waals surface area contributed by atoms with Gasteiger partial charge in [0.15, 0.2) is 11.5 Å². The molecule has 1 aromatic carbocycles. The summed E-state index contributed by atoms with van der Waals surface area (Å²) in [6, 6.07) is 5.41. The monoisotopic (exact) mass is 345 g/mol. The molecule has 7 heteroatoms. The van der Waals surface area contributed by atoms with Crippen molar-refractivity contribution in [1.29, 1.82) is 0 Å². The zero-order valence-corrected chi connectivity index (χ0v) is 14.1. The van der Waals surface area contributed by atoms with E-state index in [1.807, 2.05) is 21.6 Å². The Bertz CT molecular complexity index is 1090. The SMILES string of the molecule is C#Cc1ccc2c(c1)C(=O)N1CCC[C@H]1c1c(-c3nc(C)no3)ncn1-2. The van der Waals surface area contributed by atoms with Gasteiger partial charge in [0.25, 0.3) is 11.8 Å². The molecule has 26 heavy (non-hydrogen) atoms. The highest BCUT2D eigenvalue weighted by molar-refractivity contribution is 5.99. The number of hydrogen-bond donors (Lipinski definition) is 0. The Labute approximate surface area is 149 Å². The molecule has 128 valence electrons. The number of carbonyl (C=O) groups excluding carboxylic acids is 1. The molecule has 0 aliphatic carbocycles. The maximum absolute atomic E-state index is 13.2. The predicted octanol–water partition coefficient (Wildman–Crippen LogP) is 2.50. The normalized spacial score (nSPS) is 18.1. The first-order chi connectivity index (χ1) is 12.7. The first-order valence-corrected chi connectivity index (χ1v) is 8.47. The molecule has 4 heterocycles. The summed E-state index contributed by atoms with van der Waals surface area (Å²) in [5.74, 6) is 3.53. The zero-order chi connectivity index (χ0) is 17.8. The van der Waals surface area contributed by atoms with Crippen molar-refractivity contribution in [3.8, 4) is 29.6 Å².